The number of aromatic hydroxyl groups is 1. The number of para-hydroxylation sites is 1. The highest BCUT2D eigenvalue weighted by molar-refractivity contribution is 5.93. The molecule has 0 aliphatic heterocycles. The highest BCUT2D eigenvalue weighted by atomic mass is 16.5. The number of hydrogen-bond donors (Lipinski definition) is 2. The molecule has 0 fully saturated rings. The third-order valence-electron chi connectivity index (χ3n) is 2.87. The number of quaternary nitrogens is 1. The fourth-order valence-electron chi connectivity index (χ4n) is 2.02. The zero-order valence-electron chi connectivity index (χ0n) is 13.2. The van der Waals surface area contributed by atoms with Gasteiger partial charge in [0.1, 0.15) is 12.1 Å². The number of hydrogen-bond acceptors (Lipinski definition) is 5. The molecule has 1 aromatic carbocycles. The lowest BCUT2D eigenvalue weighted by atomic mass is 10.1. The van der Waals surface area contributed by atoms with Crippen molar-refractivity contribution in [1.82, 2.24) is 0 Å². The van der Waals surface area contributed by atoms with Crippen LogP contribution in [0.3, 0.4) is 0 Å². The maximum Gasteiger partial charge on any atom is 0.342 e. The average Bonchev–Trinajstić information content (AvgIpc) is 2.35. The van der Waals surface area contributed by atoms with Crippen molar-refractivity contribution < 1.29 is 33.8 Å². The van der Waals surface area contributed by atoms with Crippen molar-refractivity contribution in [2.75, 3.05) is 34.8 Å². The number of likely N-dealkylation sites (N-methyl/N-ethyl adjacent to an activating group) is 1. The molecule has 0 radical (unpaired) electrons. The van der Waals surface area contributed by atoms with E-state index >= 15 is 0 Å². The van der Waals surface area contributed by atoms with E-state index in [9.17, 15) is 14.7 Å². The molecule has 122 valence electrons. The van der Waals surface area contributed by atoms with Crippen molar-refractivity contribution in [2.24, 2.45) is 0 Å². The molecule has 0 aliphatic rings. The van der Waals surface area contributed by atoms with Crippen LogP contribution in [-0.4, -0.2) is 67.5 Å². The molecule has 22 heavy (non-hydrogen) atoms. The van der Waals surface area contributed by atoms with E-state index in [1.807, 2.05) is 21.1 Å². The lowest BCUT2D eigenvalue weighted by Gasteiger charge is -2.28. The Balaban J connectivity index is 2.93. The summed E-state index contributed by atoms with van der Waals surface area (Å²) < 4.78 is 10.6. The maximum absolute atomic E-state index is 12.2. The van der Waals surface area contributed by atoms with Gasteiger partial charge in [0, 0.05) is 0 Å². The summed E-state index contributed by atoms with van der Waals surface area (Å²) in [7, 11) is 6.97. The van der Waals surface area contributed by atoms with E-state index in [2.05, 4.69) is 0 Å². The number of ether oxygens (including phenoxy) is 2. The number of phenolic OH excluding ortho intramolecular Hbond substituents is 1. The predicted molar refractivity (Wildman–Crippen MR) is 79.0 cm³/mol. The SMILES string of the molecule is COc1cccc(C(=O)OC(CC(=O)O)C[N+](C)(C)C)c1O. The Labute approximate surface area is 129 Å². The molecule has 0 aliphatic carbocycles. The van der Waals surface area contributed by atoms with Gasteiger partial charge in [-0.05, 0) is 12.1 Å². The number of methoxy groups -OCH3 is 1. The molecule has 0 heterocycles. The zero-order valence-corrected chi connectivity index (χ0v) is 13.2. The van der Waals surface area contributed by atoms with E-state index in [-0.39, 0.29) is 23.5 Å². The number of carbonyl (C=O) groups is 2. The molecular weight excluding hydrogens is 290 g/mol. The molecule has 1 unspecified atom stereocenters. The van der Waals surface area contributed by atoms with Crippen LogP contribution in [0.1, 0.15) is 16.8 Å². The third kappa shape index (κ3) is 5.25. The number of benzene rings is 1. The monoisotopic (exact) mass is 312 g/mol. The first-order valence-corrected chi connectivity index (χ1v) is 6.73. The van der Waals surface area contributed by atoms with Gasteiger partial charge in [-0.2, -0.15) is 0 Å². The average molecular weight is 312 g/mol. The second-order valence-electron chi connectivity index (χ2n) is 5.95. The minimum absolute atomic E-state index is 0.0591. The minimum Gasteiger partial charge on any atom is -0.504 e. The fraction of sp³-hybridized carbons (Fsp3) is 0.467. The molecule has 1 aromatic rings. The van der Waals surface area contributed by atoms with Crippen LogP contribution >= 0.6 is 0 Å². The number of carboxylic acids is 1. The van der Waals surface area contributed by atoms with Crippen LogP contribution in [0.15, 0.2) is 18.2 Å². The second-order valence-corrected chi connectivity index (χ2v) is 5.95. The number of rotatable bonds is 7. The summed E-state index contributed by atoms with van der Waals surface area (Å²) in [6.45, 7) is 0.336. The number of nitrogens with zero attached hydrogens (tertiary/aromatic N) is 1. The van der Waals surface area contributed by atoms with Crippen molar-refractivity contribution in [3.63, 3.8) is 0 Å². The minimum atomic E-state index is -1.05. The van der Waals surface area contributed by atoms with Gasteiger partial charge in [-0.25, -0.2) is 4.79 Å². The van der Waals surface area contributed by atoms with E-state index in [0.29, 0.717) is 11.0 Å². The van der Waals surface area contributed by atoms with E-state index in [1.54, 1.807) is 6.07 Å². The van der Waals surface area contributed by atoms with E-state index in [1.165, 1.54) is 19.2 Å². The van der Waals surface area contributed by atoms with Crippen molar-refractivity contribution in [1.29, 1.82) is 0 Å². The normalized spacial score (nSPS) is 12.5. The van der Waals surface area contributed by atoms with Gasteiger partial charge < -0.3 is 24.2 Å². The van der Waals surface area contributed by atoms with Crippen LogP contribution in [0.4, 0.5) is 0 Å². The molecule has 2 N–H and O–H groups in total. The zero-order chi connectivity index (χ0) is 16.9. The van der Waals surface area contributed by atoms with E-state index in [4.69, 9.17) is 14.6 Å². The van der Waals surface area contributed by atoms with Gasteiger partial charge in [0.05, 0.1) is 34.7 Å². The van der Waals surface area contributed by atoms with Crippen molar-refractivity contribution in [3.05, 3.63) is 23.8 Å². The van der Waals surface area contributed by atoms with Crippen molar-refractivity contribution in [3.8, 4) is 11.5 Å². The number of esters is 1. The number of carboxylic acid groups (broad SMARTS) is 1. The second kappa shape index (κ2) is 7.13. The van der Waals surface area contributed by atoms with Crippen LogP contribution in [0.25, 0.3) is 0 Å². The summed E-state index contributed by atoms with van der Waals surface area (Å²) in [5.41, 5.74) is -0.0591. The van der Waals surface area contributed by atoms with Gasteiger partial charge in [0.25, 0.3) is 0 Å². The molecule has 0 saturated carbocycles. The molecule has 1 rings (SSSR count). The van der Waals surface area contributed by atoms with Crippen LogP contribution in [0.5, 0.6) is 11.5 Å². The lowest BCUT2D eigenvalue weighted by Crippen LogP contribution is -2.43. The molecular formula is C15H22NO6+. The summed E-state index contributed by atoms with van der Waals surface area (Å²) in [5, 5.41) is 18.9. The third-order valence-corrected chi connectivity index (χ3v) is 2.87. The molecule has 0 saturated heterocycles. The summed E-state index contributed by atoms with van der Waals surface area (Å²) in [6, 6.07) is 4.44. The van der Waals surface area contributed by atoms with Gasteiger partial charge in [-0.3, -0.25) is 4.79 Å². The van der Waals surface area contributed by atoms with Crippen molar-refractivity contribution in [2.45, 2.75) is 12.5 Å². The Kier molecular flexibility index (Phi) is 5.76. The summed E-state index contributed by atoms with van der Waals surface area (Å²) >= 11 is 0. The van der Waals surface area contributed by atoms with Crippen LogP contribution < -0.4 is 4.74 Å². The largest absolute Gasteiger partial charge is 0.504 e. The first-order valence-electron chi connectivity index (χ1n) is 6.73. The lowest BCUT2D eigenvalue weighted by molar-refractivity contribution is -0.873. The summed E-state index contributed by atoms with van der Waals surface area (Å²) in [5.74, 6) is -2.01. The highest BCUT2D eigenvalue weighted by Gasteiger charge is 2.27. The standard InChI is InChI=1S/C15H21NO6/c1-16(2,3)9-10(8-13(17)18)22-15(20)11-6-5-7-12(21-4)14(11)19/h5-7,10H,8-9H2,1-4H3,(H-,17,18,19,20)/p+1. The number of aliphatic carboxylic acids is 1. The molecule has 0 spiro atoms. The molecule has 0 aromatic heterocycles. The van der Waals surface area contributed by atoms with Gasteiger partial charge in [-0.1, -0.05) is 6.07 Å². The number of phenols is 1. The Hall–Kier alpha value is -2.28. The Morgan fingerprint density at radius 2 is 1.91 bits per heavy atom. The Morgan fingerprint density at radius 1 is 1.27 bits per heavy atom. The molecule has 1 atom stereocenters. The van der Waals surface area contributed by atoms with Gasteiger partial charge in [-0.15, -0.1) is 0 Å². The van der Waals surface area contributed by atoms with Crippen LogP contribution in [-0.2, 0) is 9.53 Å². The van der Waals surface area contributed by atoms with Crippen LogP contribution in [0.2, 0.25) is 0 Å². The van der Waals surface area contributed by atoms with Crippen LogP contribution in [0, 0.1) is 0 Å². The predicted octanol–water partition coefficient (Wildman–Crippen LogP) is 1.11. The van der Waals surface area contributed by atoms with Gasteiger partial charge in [0.2, 0.25) is 0 Å². The number of carbonyl (C=O) groups excluding carboxylic acids is 1. The first-order chi connectivity index (χ1) is 10.1. The summed E-state index contributed by atoms with van der Waals surface area (Å²) in [4.78, 5) is 23.1. The quantitative estimate of drug-likeness (QED) is 0.578. The fourth-order valence-corrected chi connectivity index (χ4v) is 2.02. The smallest absolute Gasteiger partial charge is 0.342 e. The van der Waals surface area contributed by atoms with E-state index in [0.717, 1.165) is 0 Å². The summed E-state index contributed by atoms with van der Waals surface area (Å²) in [6.07, 6.45) is -1.10. The van der Waals surface area contributed by atoms with E-state index < -0.39 is 18.0 Å². The molecule has 0 bridgehead atoms. The molecule has 7 nitrogen and oxygen atoms in total. The first kappa shape index (κ1) is 17.8. The molecule has 7 heteroatoms. The van der Waals surface area contributed by atoms with Crippen molar-refractivity contribution >= 4 is 11.9 Å². The topological polar surface area (TPSA) is 93.1 Å². The maximum atomic E-state index is 12.2. The van der Waals surface area contributed by atoms with Gasteiger partial charge >= 0.3 is 11.9 Å². The highest BCUT2D eigenvalue weighted by Crippen LogP contribution is 2.30. The van der Waals surface area contributed by atoms with Gasteiger partial charge in [0.15, 0.2) is 17.6 Å². The Morgan fingerprint density at radius 3 is 2.41 bits per heavy atom. The molecule has 0 amide bonds. The Bertz CT molecular complexity index is 549.